The lowest BCUT2D eigenvalue weighted by molar-refractivity contribution is 0.0692. The molecule has 1 aromatic heterocycles. The van der Waals surface area contributed by atoms with Crippen LogP contribution in [0, 0.1) is 0 Å². The van der Waals surface area contributed by atoms with Crippen LogP contribution < -0.4 is 5.32 Å². The highest BCUT2D eigenvalue weighted by Gasteiger charge is 2.10. The molecule has 10 heavy (non-hydrogen) atoms. The second kappa shape index (κ2) is 2.66. The molecule has 0 bridgehead atoms. The fraction of sp³-hybridized carbons (Fsp3) is 0.200. The second-order valence-electron chi connectivity index (χ2n) is 1.59. The van der Waals surface area contributed by atoms with Crippen LogP contribution in [0.25, 0.3) is 0 Å². The Hall–Kier alpha value is -1.10. The number of carbonyl (C=O) groups is 1. The maximum atomic E-state index is 10.3. The van der Waals surface area contributed by atoms with Gasteiger partial charge in [0.1, 0.15) is 5.00 Å². The predicted octanol–water partition coefficient (Wildman–Crippen LogP) is 0.883. The zero-order chi connectivity index (χ0) is 7.56. The van der Waals surface area contributed by atoms with Crippen LogP contribution in [0.15, 0.2) is 5.51 Å². The molecule has 2 N–H and O–H groups in total. The summed E-state index contributed by atoms with van der Waals surface area (Å²) in [5, 5.41) is 11.8. The first kappa shape index (κ1) is 7.01. The first-order valence-corrected chi connectivity index (χ1v) is 3.48. The summed E-state index contributed by atoms with van der Waals surface area (Å²) in [7, 11) is 1.67. The highest BCUT2D eigenvalue weighted by molar-refractivity contribution is 7.14. The zero-order valence-corrected chi connectivity index (χ0v) is 6.10. The standard InChI is InChI=1S/C5H6N2O2S/c1-6-4-3(5(8)9)7-2-10-4/h2,6H,1H3,(H,8,9). The van der Waals surface area contributed by atoms with Gasteiger partial charge >= 0.3 is 5.97 Å². The third-order valence-corrected chi connectivity index (χ3v) is 1.84. The molecule has 0 aromatic carbocycles. The summed E-state index contributed by atoms with van der Waals surface area (Å²) in [6.07, 6.45) is 0. The van der Waals surface area contributed by atoms with Crippen LogP contribution in [0.1, 0.15) is 10.5 Å². The lowest BCUT2D eigenvalue weighted by atomic mass is 10.5. The average Bonchev–Trinajstić information content (AvgIpc) is 2.33. The SMILES string of the molecule is CNc1scnc1C(=O)O. The van der Waals surface area contributed by atoms with E-state index in [0.717, 1.165) is 0 Å². The van der Waals surface area contributed by atoms with E-state index in [1.54, 1.807) is 7.05 Å². The number of rotatable bonds is 2. The molecule has 0 aliphatic rings. The Labute approximate surface area is 61.5 Å². The van der Waals surface area contributed by atoms with Gasteiger partial charge in [-0.3, -0.25) is 0 Å². The zero-order valence-electron chi connectivity index (χ0n) is 5.29. The number of hydrogen-bond donors (Lipinski definition) is 2. The van der Waals surface area contributed by atoms with Gasteiger partial charge in [0.05, 0.1) is 5.51 Å². The molecule has 0 saturated heterocycles. The van der Waals surface area contributed by atoms with Gasteiger partial charge in [0, 0.05) is 7.05 Å². The molecule has 5 heteroatoms. The Morgan fingerprint density at radius 1 is 1.90 bits per heavy atom. The van der Waals surface area contributed by atoms with Crippen molar-refractivity contribution >= 4 is 22.3 Å². The molecule has 0 fully saturated rings. The maximum Gasteiger partial charge on any atom is 0.357 e. The van der Waals surface area contributed by atoms with Crippen molar-refractivity contribution in [1.29, 1.82) is 0 Å². The molecule has 1 heterocycles. The largest absolute Gasteiger partial charge is 0.476 e. The van der Waals surface area contributed by atoms with Crippen LogP contribution in [0.2, 0.25) is 0 Å². The van der Waals surface area contributed by atoms with E-state index in [1.807, 2.05) is 0 Å². The van der Waals surface area contributed by atoms with Crippen LogP contribution >= 0.6 is 11.3 Å². The third kappa shape index (κ3) is 1.08. The highest BCUT2D eigenvalue weighted by atomic mass is 32.1. The smallest absolute Gasteiger partial charge is 0.357 e. The van der Waals surface area contributed by atoms with Crippen molar-refractivity contribution in [3.05, 3.63) is 11.2 Å². The van der Waals surface area contributed by atoms with Crippen LogP contribution in [-0.2, 0) is 0 Å². The number of thiazole rings is 1. The second-order valence-corrected chi connectivity index (χ2v) is 2.44. The molecule has 0 aliphatic heterocycles. The van der Waals surface area contributed by atoms with Gasteiger partial charge in [0.25, 0.3) is 0 Å². The summed E-state index contributed by atoms with van der Waals surface area (Å²) >= 11 is 1.27. The van der Waals surface area contributed by atoms with Crippen molar-refractivity contribution in [3.8, 4) is 0 Å². The van der Waals surface area contributed by atoms with Crippen LogP contribution in [0.4, 0.5) is 5.00 Å². The van der Waals surface area contributed by atoms with Crippen LogP contribution in [0.5, 0.6) is 0 Å². The van der Waals surface area contributed by atoms with Crippen molar-refractivity contribution in [2.45, 2.75) is 0 Å². The number of anilines is 1. The number of aromatic nitrogens is 1. The van der Waals surface area contributed by atoms with E-state index in [2.05, 4.69) is 10.3 Å². The highest BCUT2D eigenvalue weighted by Crippen LogP contribution is 2.18. The van der Waals surface area contributed by atoms with Crippen LogP contribution in [0.3, 0.4) is 0 Å². The fourth-order valence-electron chi connectivity index (χ4n) is 0.576. The predicted molar refractivity (Wildman–Crippen MR) is 38.6 cm³/mol. The summed E-state index contributed by atoms with van der Waals surface area (Å²) in [5.41, 5.74) is 1.59. The molecule has 0 unspecified atom stereocenters. The number of carboxylic acid groups (broad SMARTS) is 1. The Kier molecular flexibility index (Phi) is 1.86. The Bertz CT molecular complexity index is 246. The van der Waals surface area contributed by atoms with Gasteiger partial charge in [-0.1, -0.05) is 0 Å². The van der Waals surface area contributed by atoms with E-state index in [4.69, 9.17) is 5.11 Å². The summed E-state index contributed by atoms with van der Waals surface area (Å²) in [4.78, 5) is 14.0. The van der Waals surface area contributed by atoms with E-state index >= 15 is 0 Å². The minimum atomic E-state index is -0.995. The molecule has 1 rings (SSSR count). The minimum absolute atomic E-state index is 0.0903. The van der Waals surface area contributed by atoms with Gasteiger partial charge in [-0.25, -0.2) is 9.78 Å². The number of hydrogen-bond acceptors (Lipinski definition) is 4. The molecule has 4 nitrogen and oxygen atoms in total. The quantitative estimate of drug-likeness (QED) is 0.670. The molecule has 0 aliphatic carbocycles. The molecular formula is C5H6N2O2S. The lowest BCUT2D eigenvalue weighted by Gasteiger charge is -1.92. The van der Waals surface area contributed by atoms with Crippen molar-refractivity contribution < 1.29 is 9.90 Å². The van der Waals surface area contributed by atoms with E-state index in [1.165, 1.54) is 16.8 Å². The molecule has 0 radical (unpaired) electrons. The maximum absolute atomic E-state index is 10.3. The Morgan fingerprint density at radius 2 is 2.60 bits per heavy atom. The van der Waals surface area contributed by atoms with E-state index < -0.39 is 5.97 Å². The van der Waals surface area contributed by atoms with Crippen molar-refractivity contribution in [2.75, 3.05) is 12.4 Å². The molecule has 0 atom stereocenters. The van der Waals surface area contributed by atoms with Crippen molar-refractivity contribution in [2.24, 2.45) is 0 Å². The molecule has 0 spiro atoms. The Balaban J connectivity index is 3.01. The molecule has 0 amide bonds. The van der Waals surface area contributed by atoms with Gasteiger partial charge in [-0.2, -0.15) is 0 Å². The molecular weight excluding hydrogens is 152 g/mol. The van der Waals surface area contributed by atoms with Crippen LogP contribution in [-0.4, -0.2) is 23.1 Å². The number of nitrogens with one attached hydrogen (secondary N) is 1. The normalized spacial score (nSPS) is 9.30. The van der Waals surface area contributed by atoms with Gasteiger partial charge in [0.15, 0.2) is 5.69 Å². The summed E-state index contributed by atoms with van der Waals surface area (Å²) < 4.78 is 0. The van der Waals surface area contributed by atoms with Gasteiger partial charge in [-0.05, 0) is 0 Å². The van der Waals surface area contributed by atoms with Crippen molar-refractivity contribution in [3.63, 3.8) is 0 Å². The summed E-state index contributed by atoms with van der Waals surface area (Å²) in [6.45, 7) is 0. The van der Waals surface area contributed by atoms with Gasteiger partial charge < -0.3 is 10.4 Å². The fourth-order valence-corrected chi connectivity index (χ4v) is 1.21. The Morgan fingerprint density at radius 3 is 3.00 bits per heavy atom. The first-order valence-electron chi connectivity index (χ1n) is 2.60. The number of aromatic carboxylic acids is 1. The van der Waals surface area contributed by atoms with Gasteiger partial charge in [0.2, 0.25) is 0 Å². The van der Waals surface area contributed by atoms with Crippen molar-refractivity contribution in [1.82, 2.24) is 4.98 Å². The van der Waals surface area contributed by atoms with Gasteiger partial charge in [-0.15, -0.1) is 11.3 Å². The topological polar surface area (TPSA) is 62.2 Å². The first-order chi connectivity index (χ1) is 4.75. The molecule has 54 valence electrons. The number of carboxylic acids is 1. The summed E-state index contributed by atoms with van der Waals surface area (Å²) in [6, 6.07) is 0. The third-order valence-electron chi connectivity index (χ3n) is 0.997. The number of nitrogens with zero attached hydrogens (tertiary/aromatic N) is 1. The average molecular weight is 158 g/mol. The van der Waals surface area contributed by atoms with E-state index in [0.29, 0.717) is 5.00 Å². The molecule has 1 aromatic rings. The van der Waals surface area contributed by atoms with E-state index in [9.17, 15) is 4.79 Å². The van der Waals surface area contributed by atoms with E-state index in [-0.39, 0.29) is 5.69 Å². The monoisotopic (exact) mass is 158 g/mol. The lowest BCUT2D eigenvalue weighted by Crippen LogP contribution is -2.00. The molecule has 0 saturated carbocycles. The summed E-state index contributed by atoms with van der Waals surface area (Å²) in [5.74, 6) is -0.995. The minimum Gasteiger partial charge on any atom is -0.476 e.